The summed E-state index contributed by atoms with van der Waals surface area (Å²) in [6, 6.07) is 15.3. The largest absolute Gasteiger partial charge is 0.480 e. The van der Waals surface area contributed by atoms with Gasteiger partial charge in [-0.25, -0.2) is 9.78 Å². The second-order valence-electron chi connectivity index (χ2n) is 7.79. The van der Waals surface area contributed by atoms with Gasteiger partial charge in [0.2, 0.25) is 0 Å². The standard InChI is InChI=1S/C24H19ClN6O3/c1-2-17-19(15-8-10-16(25)11-9-15)21-28-27-20-22(31(21)29-17)26-13-30(23(20)32)18(24(33)34)12-14-6-4-3-5-7-14/h3-11,13,18H,2,12H2,1H3,(H,33,34). The molecule has 1 N–H and O–H groups in total. The summed E-state index contributed by atoms with van der Waals surface area (Å²) >= 11 is 6.04. The van der Waals surface area contributed by atoms with Gasteiger partial charge in [0.1, 0.15) is 12.4 Å². The van der Waals surface area contributed by atoms with Gasteiger partial charge < -0.3 is 5.11 Å². The summed E-state index contributed by atoms with van der Waals surface area (Å²) in [5.41, 5.74) is 3.23. The maximum atomic E-state index is 13.3. The topological polar surface area (TPSA) is 115 Å². The summed E-state index contributed by atoms with van der Waals surface area (Å²) in [6.45, 7) is 1.97. The van der Waals surface area contributed by atoms with Crippen LogP contribution >= 0.6 is 11.6 Å². The van der Waals surface area contributed by atoms with E-state index in [-0.39, 0.29) is 17.6 Å². The van der Waals surface area contributed by atoms with Crippen LogP contribution in [0.15, 0.2) is 65.7 Å². The molecule has 5 aromatic rings. The highest BCUT2D eigenvalue weighted by Crippen LogP contribution is 2.29. The molecule has 5 rings (SSSR count). The molecule has 3 heterocycles. The molecule has 0 aliphatic carbocycles. The molecule has 0 spiro atoms. The van der Waals surface area contributed by atoms with E-state index in [9.17, 15) is 14.7 Å². The predicted molar refractivity (Wildman–Crippen MR) is 127 cm³/mol. The van der Waals surface area contributed by atoms with Crippen molar-refractivity contribution in [3.8, 4) is 11.1 Å². The van der Waals surface area contributed by atoms with Crippen molar-refractivity contribution < 1.29 is 9.90 Å². The summed E-state index contributed by atoms with van der Waals surface area (Å²) in [6.07, 6.45) is 1.99. The van der Waals surface area contributed by atoms with E-state index in [4.69, 9.17) is 11.6 Å². The van der Waals surface area contributed by atoms with Gasteiger partial charge in [0.05, 0.1) is 11.3 Å². The highest BCUT2D eigenvalue weighted by Gasteiger charge is 2.25. The number of benzene rings is 2. The molecule has 0 bridgehead atoms. The van der Waals surface area contributed by atoms with Crippen molar-refractivity contribution in [2.24, 2.45) is 0 Å². The van der Waals surface area contributed by atoms with Gasteiger partial charge in [0.25, 0.3) is 5.56 Å². The lowest BCUT2D eigenvalue weighted by Gasteiger charge is -2.15. The quantitative estimate of drug-likeness (QED) is 0.400. The van der Waals surface area contributed by atoms with E-state index in [1.165, 1.54) is 10.8 Å². The molecule has 0 amide bonds. The highest BCUT2D eigenvalue weighted by molar-refractivity contribution is 6.30. The van der Waals surface area contributed by atoms with Crippen LogP contribution < -0.4 is 5.56 Å². The van der Waals surface area contributed by atoms with Crippen molar-refractivity contribution in [1.82, 2.24) is 29.4 Å². The predicted octanol–water partition coefficient (Wildman–Crippen LogP) is 3.59. The molecule has 1 unspecified atom stereocenters. The Hall–Kier alpha value is -4.11. The molecule has 10 heteroatoms. The zero-order valence-electron chi connectivity index (χ0n) is 18.1. The fourth-order valence-corrected chi connectivity index (χ4v) is 4.13. The Labute approximate surface area is 198 Å². The number of halogens is 1. The number of hydrogen-bond donors (Lipinski definition) is 1. The maximum absolute atomic E-state index is 13.3. The van der Waals surface area contributed by atoms with Crippen LogP contribution in [0.5, 0.6) is 0 Å². The van der Waals surface area contributed by atoms with Gasteiger partial charge >= 0.3 is 5.97 Å². The second-order valence-corrected chi connectivity index (χ2v) is 8.23. The van der Waals surface area contributed by atoms with Crippen LogP contribution in [0.2, 0.25) is 5.02 Å². The van der Waals surface area contributed by atoms with Crippen molar-refractivity contribution in [3.63, 3.8) is 0 Å². The molecule has 1 atom stereocenters. The van der Waals surface area contributed by atoms with Crippen LogP contribution in [0, 0.1) is 0 Å². The third-order valence-corrected chi connectivity index (χ3v) is 5.94. The Kier molecular flexibility index (Phi) is 5.54. The van der Waals surface area contributed by atoms with E-state index < -0.39 is 17.6 Å². The molecule has 2 aromatic carbocycles. The monoisotopic (exact) mass is 474 g/mol. The molecule has 0 fully saturated rings. The van der Waals surface area contributed by atoms with E-state index in [0.29, 0.717) is 17.1 Å². The van der Waals surface area contributed by atoms with Crippen LogP contribution in [0.3, 0.4) is 0 Å². The number of carboxylic acid groups (broad SMARTS) is 1. The number of rotatable bonds is 6. The molecule has 170 valence electrons. The Morgan fingerprint density at radius 2 is 1.79 bits per heavy atom. The Balaban J connectivity index is 1.67. The van der Waals surface area contributed by atoms with Crippen LogP contribution in [0.1, 0.15) is 24.2 Å². The van der Waals surface area contributed by atoms with Crippen molar-refractivity contribution in [2.45, 2.75) is 25.8 Å². The van der Waals surface area contributed by atoms with Crippen LogP contribution in [-0.4, -0.2) is 40.4 Å². The number of carbonyl (C=O) groups is 1. The van der Waals surface area contributed by atoms with Gasteiger partial charge in [0.15, 0.2) is 16.8 Å². The van der Waals surface area contributed by atoms with E-state index in [0.717, 1.165) is 27.0 Å². The number of aliphatic carboxylic acids is 1. The van der Waals surface area contributed by atoms with Crippen molar-refractivity contribution in [1.29, 1.82) is 0 Å². The van der Waals surface area contributed by atoms with Gasteiger partial charge in [-0.2, -0.15) is 9.61 Å². The van der Waals surface area contributed by atoms with E-state index in [1.807, 2.05) is 49.4 Å². The number of aromatic nitrogens is 6. The Bertz CT molecular complexity index is 1580. The number of hydrogen-bond acceptors (Lipinski definition) is 6. The highest BCUT2D eigenvalue weighted by atomic mass is 35.5. The minimum absolute atomic E-state index is 0.0536. The Morgan fingerprint density at radius 3 is 2.47 bits per heavy atom. The number of nitrogens with zero attached hydrogens (tertiary/aromatic N) is 6. The fraction of sp³-hybridized carbons (Fsp3) is 0.167. The first-order valence-corrected chi connectivity index (χ1v) is 11.0. The van der Waals surface area contributed by atoms with E-state index in [2.05, 4.69) is 20.3 Å². The minimum atomic E-state index is -1.14. The normalized spacial score (nSPS) is 12.3. The first-order valence-electron chi connectivity index (χ1n) is 10.7. The molecule has 0 radical (unpaired) electrons. The second kappa shape index (κ2) is 8.68. The molecule has 0 aliphatic rings. The maximum Gasteiger partial charge on any atom is 0.327 e. The molecule has 0 saturated heterocycles. The lowest BCUT2D eigenvalue weighted by molar-refractivity contribution is -0.141. The summed E-state index contributed by atoms with van der Waals surface area (Å²) in [5, 5.41) is 23.5. The molecule has 3 aromatic heterocycles. The third-order valence-electron chi connectivity index (χ3n) is 5.69. The van der Waals surface area contributed by atoms with Crippen LogP contribution in [0.25, 0.3) is 27.9 Å². The van der Waals surface area contributed by atoms with E-state index >= 15 is 0 Å². The smallest absolute Gasteiger partial charge is 0.327 e. The summed E-state index contributed by atoms with van der Waals surface area (Å²) in [4.78, 5) is 29.7. The molecular weight excluding hydrogens is 456 g/mol. The average molecular weight is 475 g/mol. The molecule has 0 aliphatic heterocycles. The number of carboxylic acids is 1. The van der Waals surface area contributed by atoms with Gasteiger partial charge in [-0.15, -0.1) is 10.2 Å². The molecule has 0 saturated carbocycles. The molecule has 9 nitrogen and oxygen atoms in total. The van der Waals surface area contributed by atoms with Crippen molar-refractivity contribution >= 4 is 34.4 Å². The average Bonchev–Trinajstić information content (AvgIpc) is 3.23. The first-order chi connectivity index (χ1) is 16.5. The van der Waals surface area contributed by atoms with Crippen molar-refractivity contribution in [3.05, 3.63) is 87.6 Å². The van der Waals surface area contributed by atoms with Crippen LogP contribution in [-0.2, 0) is 17.6 Å². The van der Waals surface area contributed by atoms with Gasteiger partial charge in [-0.1, -0.05) is 61.0 Å². The lowest BCUT2D eigenvalue weighted by Crippen LogP contribution is -2.32. The third kappa shape index (κ3) is 3.69. The molecule has 34 heavy (non-hydrogen) atoms. The Morgan fingerprint density at radius 1 is 1.06 bits per heavy atom. The first kappa shape index (κ1) is 21.7. The van der Waals surface area contributed by atoms with Gasteiger partial charge in [0, 0.05) is 11.4 Å². The zero-order chi connectivity index (χ0) is 23.8. The van der Waals surface area contributed by atoms with Gasteiger partial charge in [-0.05, 0) is 29.7 Å². The minimum Gasteiger partial charge on any atom is -0.480 e. The SMILES string of the molecule is CCc1nn2c(nnc3c(=O)n(C(Cc4ccccc4)C(=O)O)cnc32)c1-c1ccc(Cl)cc1. The summed E-state index contributed by atoms with van der Waals surface area (Å²) in [7, 11) is 0. The lowest BCUT2D eigenvalue weighted by atomic mass is 10.0. The summed E-state index contributed by atoms with van der Waals surface area (Å²) < 4.78 is 2.58. The number of aryl methyl sites for hydroxylation is 1. The molecular formula is C24H19ClN6O3. The number of fused-ring (bicyclic) bond motifs is 3. The van der Waals surface area contributed by atoms with Gasteiger partial charge in [-0.3, -0.25) is 9.36 Å². The van der Waals surface area contributed by atoms with Crippen LogP contribution in [0.4, 0.5) is 0 Å². The van der Waals surface area contributed by atoms with E-state index in [1.54, 1.807) is 12.1 Å². The fourth-order valence-electron chi connectivity index (χ4n) is 4.01. The summed E-state index contributed by atoms with van der Waals surface area (Å²) in [5.74, 6) is -1.14. The van der Waals surface area contributed by atoms with Crippen molar-refractivity contribution in [2.75, 3.05) is 0 Å². The zero-order valence-corrected chi connectivity index (χ0v) is 18.8.